The predicted octanol–water partition coefficient (Wildman–Crippen LogP) is 0.400. The molecule has 0 bridgehead atoms. The van der Waals surface area contributed by atoms with Gasteiger partial charge in [0.1, 0.15) is 5.84 Å². The van der Waals surface area contributed by atoms with Crippen LogP contribution in [0.3, 0.4) is 0 Å². The lowest BCUT2D eigenvalue weighted by molar-refractivity contribution is -0.134. The van der Waals surface area contributed by atoms with Crippen LogP contribution in [0.15, 0.2) is 18.3 Å². The van der Waals surface area contributed by atoms with E-state index in [1.807, 2.05) is 29.9 Å². The van der Waals surface area contributed by atoms with Gasteiger partial charge in [0, 0.05) is 20.2 Å². The number of rotatable bonds is 1. The molecule has 72 valence electrons. The van der Waals surface area contributed by atoms with E-state index < -0.39 is 5.97 Å². The standard InChI is InChI=1S/C6H9N3.C2H4O2/c1-9-4-2-3-5(9)6(7)8;1-2(3)4/h2-4H,1H3,(H3,7,8);1H3,(H,3,4). The maximum Gasteiger partial charge on any atom is 0.300 e. The summed E-state index contributed by atoms with van der Waals surface area (Å²) in [6.07, 6.45) is 1.86. The van der Waals surface area contributed by atoms with Crippen LogP contribution in [0, 0.1) is 5.41 Å². The number of nitrogens with two attached hydrogens (primary N) is 1. The van der Waals surface area contributed by atoms with Crippen molar-refractivity contribution in [2.45, 2.75) is 6.92 Å². The third-order valence-electron chi connectivity index (χ3n) is 1.22. The van der Waals surface area contributed by atoms with Gasteiger partial charge in [-0.15, -0.1) is 0 Å². The minimum atomic E-state index is -0.833. The number of carbonyl (C=O) groups is 1. The zero-order valence-corrected chi connectivity index (χ0v) is 7.61. The molecule has 1 aromatic rings. The number of nitrogen functional groups attached to an aromatic ring is 1. The largest absolute Gasteiger partial charge is 0.481 e. The van der Waals surface area contributed by atoms with Gasteiger partial charge >= 0.3 is 0 Å². The van der Waals surface area contributed by atoms with Crippen molar-refractivity contribution in [3.05, 3.63) is 24.0 Å². The van der Waals surface area contributed by atoms with Gasteiger partial charge in [0.15, 0.2) is 0 Å². The molecule has 0 radical (unpaired) electrons. The number of carboxylic acids is 1. The van der Waals surface area contributed by atoms with Crippen molar-refractivity contribution in [2.24, 2.45) is 12.8 Å². The predicted molar refractivity (Wildman–Crippen MR) is 49.7 cm³/mol. The molecule has 0 amide bonds. The fourth-order valence-electron chi connectivity index (χ4n) is 0.741. The van der Waals surface area contributed by atoms with Gasteiger partial charge in [-0.25, -0.2) is 0 Å². The first-order chi connectivity index (χ1) is 5.95. The van der Waals surface area contributed by atoms with E-state index in [4.69, 9.17) is 21.0 Å². The molecule has 0 unspecified atom stereocenters. The molecule has 0 spiro atoms. The van der Waals surface area contributed by atoms with Gasteiger partial charge in [-0.2, -0.15) is 0 Å². The summed E-state index contributed by atoms with van der Waals surface area (Å²) >= 11 is 0. The van der Waals surface area contributed by atoms with E-state index in [0.29, 0.717) is 0 Å². The van der Waals surface area contributed by atoms with Crippen LogP contribution in [-0.2, 0) is 11.8 Å². The monoisotopic (exact) mass is 183 g/mol. The Kier molecular flexibility index (Phi) is 4.29. The van der Waals surface area contributed by atoms with Gasteiger partial charge in [0.05, 0.1) is 5.69 Å². The van der Waals surface area contributed by atoms with Gasteiger partial charge < -0.3 is 15.4 Å². The summed E-state index contributed by atoms with van der Waals surface area (Å²) in [7, 11) is 1.86. The number of aryl methyl sites for hydroxylation is 1. The van der Waals surface area contributed by atoms with Crippen LogP contribution in [0.1, 0.15) is 12.6 Å². The number of aromatic nitrogens is 1. The first-order valence-electron chi connectivity index (χ1n) is 3.60. The van der Waals surface area contributed by atoms with Crippen molar-refractivity contribution in [2.75, 3.05) is 0 Å². The highest BCUT2D eigenvalue weighted by Crippen LogP contribution is 1.96. The summed E-state index contributed by atoms with van der Waals surface area (Å²) in [6, 6.07) is 3.67. The Morgan fingerprint density at radius 3 is 2.31 bits per heavy atom. The molecule has 0 saturated carbocycles. The molecule has 4 N–H and O–H groups in total. The molecule has 0 atom stereocenters. The molecule has 0 aliphatic rings. The Balaban J connectivity index is 0.000000310. The highest BCUT2D eigenvalue weighted by atomic mass is 16.4. The van der Waals surface area contributed by atoms with Crippen LogP contribution in [0.4, 0.5) is 0 Å². The van der Waals surface area contributed by atoms with Gasteiger partial charge in [-0.05, 0) is 12.1 Å². The molecule has 0 saturated heterocycles. The van der Waals surface area contributed by atoms with Crippen molar-refractivity contribution < 1.29 is 9.90 Å². The Morgan fingerprint density at radius 1 is 1.69 bits per heavy atom. The summed E-state index contributed by atoms with van der Waals surface area (Å²) in [5.74, 6) is -0.720. The van der Waals surface area contributed by atoms with E-state index in [1.165, 1.54) is 0 Å². The van der Waals surface area contributed by atoms with Crippen molar-refractivity contribution >= 4 is 11.8 Å². The molecule has 1 aromatic heterocycles. The number of carboxylic acid groups (broad SMARTS) is 1. The number of hydrogen-bond acceptors (Lipinski definition) is 2. The molecule has 1 rings (SSSR count). The van der Waals surface area contributed by atoms with E-state index in [-0.39, 0.29) is 5.84 Å². The lowest BCUT2D eigenvalue weighted by Crippen LogP contribution is -2.14. The number of aliphatic carboxylic acids is 1. The Bertz CT molecular complexity index is 300. The number of nitrogens with zero attached hydrogens (tertiary/aromatic N) is 1. The molecule has 1 heterocycles. The number of nitrogens with one attached hydrogen (secondary N) is 1. The van der Waals surface area contributed by atoms with E-state index in [2.05, 4.69) is 0 Å². The van der Waals surface area contributed by atoms with Crippen LogP contribution >= 0.6 is 0 Å². The smallest absolute Gasteiger partial charge is 0.300 e. The average molecular weight is 183 g/mol. The van der Waals surface area contributed by atoms with Crippen LogP contribution in [0.5, 0.6) is 0 Å². The third kappa shape index (κ3) is 4.62. The fraction of sp³-hybridized carbons (Fsp3) is 0.250. The highest BCUT2D eigenvalue weighted by molar-refractivity contribution is 5.93. The van der Waals surface area contributed by atoms with Gasteiger partial charge in [0.2, 0.25) is 0 Å². The quantitative estimate of drug-likeness (QED) is 0.434. The normalized spacial score (nSPS) is 8.46. The summed E-state index contributed by atoms with van der Waals surface area (Å²) in [6.45, 7) is 1.08. The maximum absolute atomic E-state index is 9.00. The Morgan fingerprint density at radius 2 is 2.15 bits per heavy atom. The van der Waals surface area contributed by atoms with Crippen LogP contribution in [0.25, 0.3) is 0 Å². The second-order valence-corrected chi connectivity index (χ2v) is 2.44. The topological polar surface area (TPSA) is 92.1 Å². The van der Waals surface area contributed by atoms with E-state index >= 15 is 0 Å². The molecule has 0 aliphatic carbocycles. The van der Waals surface area contributed by atoms with Crippen molar-refractivity contribution in [3.63, 3.8) is 0 Å². The average Bonchev–Trinajstić information content (AvgIpc) is 2.33. The van der Waals surface area contributed by atoms with Crippen LogP contribution in [-0.4, -0.2) is 21.5 Å². The first-order valence-corrected chi connectivity index (χ1v) is 3.60. The summed E-state index contributed by atoms with van der Waals surface area (Å²) in [4.78, 5) is 9.00. The zero-order valence-electron chi connectivity index (χ0n) is 7.61. The molecular weight excluding hydrogens is 170 g/mol. The van der Waals surface area contributed by atoms with E-state index in [9.17, 15) is 0 Å². The van der Waals surface area contributed by atoms with Crippen molar-refractivity contribution in [1.29, 1.82) is 5.41 Å². The number of amidine groups is 1. The molecule has 13 heavy (non-hydrogen) atoms. The molecule has 0 aromatic carbocycles. The zero-order chi connectivity index (χ0) is 10.4. The number of hydrogen-bond donors (Lipinski definition) is 3. The molecule has 0 aliphatic heterocycles. The molecule has 5 nitrogen and oxygen atoms in total. The van der Waals surface area contributed by atoms with Crippen molar-refractivity contribution in [3.8, 4) is 0 Å². The van der Waals surface area contributed by atoms with E-state index in [1.54, 1.807) is 0 Å². The Labute approximate surface area is 76.3 Å². The van der Waals surface area contributed by atoms with E-state index in [0.717, 1.165) is 12.6 Å². The SMILES string of the molecule is CC(=O)O.Cn1cccc1C(=N)N. The molecular formula is C8H13N3O2. The van der Waals surface area contributed by atoms with Gasteiger partial charge in [-0.1, -0.05) is 0 Å². The Hall–Kier alpha value is -1.78. The third-order valence-corrected chi connectivity index (χ3v) is 1.22. The van der Waals surface area contributed by atoms with Gasteiger partial charge in [0.25, 0.3) is 5.97 Å². The minimum Gasteiger partial charge on any atom is -0.481 e. The van der Waals surface area contributed by atoms with Crippen molar-refractivity contribution in [1.82, 2.24) is 4.57 Å². The molecule has 5 heteroatoms. The lowest BCUT2D eigenvalue weighted by atomic mass is 10.4. The summed E-state index contributed by atoms with van der Waals surface area (Å²) in [5, 5.41) is 14.5. The summed E-state index contributed by atoms with van der Waals surface area (Å²) < 4.78 is 1.81. The lowest BCUT2D eigenvalue weighted by Gasteiger charge is -1.97. The first kappa shape index (κ1) is 11.2. The second-order valence-electron chi connectivity index (χ2n) is 2.44. The fourth-order valence-corrected chi connectivity index (χ4v) is 0.741. The minimum absolute atomic E-state index is 0.113. The van der Waals surface area contributed by atoms with Gasteiger partial charge in [-0.3, -0.25) is 10.2 Å². The highest BCUT2D eigenvalue weighted by Gasteiger charge is 1.96. The van der Waals surface area contributed by atoms with Crippen LogP contribution in [0.2, 0.25) is 0 Å². The second kappa shape index (κ2) is 4.97. The molecule has 0 fully saturated rings. The maximum atomic E-state index is 9.00. The summed E-state index contributed by atoms with van der Waals surface area (Å²) in [5.41, 5.74) is 5.98. The van der Waals surface area contributed by atoms with Crippen LogP contribution < -0.4 is 5.73 Å².